The average Bonchev–Trinajstić information content (AvgIpc) is 2.85. The lowest BCUT2D eigenvalue weighted by Gasteiger charge is -2.15. The summed E-state index contributed by atoms with van der Waals surface area (Å²) < 4.78 is 12.8. The second kappa shape index (κ2) is 7.39. The van der Waals surface area contributed by atoms with Gasteiger partial charge in [0.05, 0.1) is 0 Å². The molecule has 4 heteroatoms. The third-order valence-corrected chi connectivity index (χ3v) is 3.92. The standard InChI is InChI=1S/C16H22FNO2/c17-15-6-4-13(5-7-15)11-14-8-10-18(12-14)9-2-1-3-16(19)20/h4-7,14H,1-3,8-12H2,(H,19,20). The average molecular weight is 279 g/mol. The summed E-state index contributed by atoms with van der Waals surface area (Å²) in [5.74, 6) is -0.249. The van der Waals surface area contributed by atoms with Crippen LogP contribution in [0.2, 0.25) is 0 Å². The lowest BCUT2D eigenvalue weighted by molar-refractivity contribution is -0.137. The molecular weight excluding hydrogens is 257 g/mol. The first-order valence-corrected chi connectivity index (χ1v) is 7.32. The van der Waals surface area contributed by atoms with Gasteiger partial charge in [-0.25, -0.2) is 4.39 Å². The number of hydrogen-bond donors (Lipinski definition) is 1. The van der Waals surface area contributed by atoms with Gasteiger partial charge in [-0.3, -0.25) is 4.79 Å². The first-order chi connectivity index (χ1) is 9.63. The Hall–Kier alpha value is -1.42. The van der Waals surface area contributed by atoms with Crippen LogP contribution >= 0.6 is 0 Å². The van der Waals surface area contributed by atoms with E-state index in [1.165, 1.54) is 24.1 Å². The number of carboxylic acid groups (broad SMARTS) is 1. The van der Waals surface area contributed by atoms with Crippen molar-refractivity contribution in [3.63, 3.8) is 0 Å². The number of rotatable bonds is 7. The molecule has 1 N–H and O–H groups in total. The molecule has 0 aliphatic carbocycles. The summed E-state index contributed by atoms with van der Waals surface area (Å²) in [5.41, 5.74) is 1.20. The zero-order chi connectivity index (χ0) is 14.4. The van der Waals surface area contributed by atoms with Gasteiger partial charge in [0.1, 0.15) is 5.82 Å². The van der Waals surface area contributed by atoms with Crippen molar-refractivity contribution in [2.45, 2.75) is 32.1 Å². The van der Waals surface area contributed by atoms with Crippen molar-refractivity contribution >= 4 is 5.97 Å². The number of likely N-dealkylation sites (tertiary alicyclic amines) is 1. The van der Waals surface area contributed by atoms with Crippen LogP contribution in [0, 0.1) is 11.7 Å². The largest absolute Gasteiger partial charge is 0.481 e. The predicted molar refractivity (Wildman–Crippen MR) is 76.1 cm³/mol. The molecule has 1 fully saturated rings. The number of halogens is 1. The van der Waals surface area contributed by atoms with Crippen LogP contribution in [0.3, 0.4) is 0 Å². The third kappa shape index (κ3) is 4.93. The minimum atomic E-state index is -0.708. The van der Waals surface area contributed by atoms with E-state index in [2.05, 4.69) is 4.90 Å². The molecule has 2 rings (SSSR count). The molecule has 0 bridgehead atoms. The van der Waals surface area contributed by atoms with E-state index in [4.69, 9.17) is 5.11 Å². The fourth-order valence-corrected chi connectivity index (χ4v) is 2.85. The van der Waals surface area contributed by atoms with E-state index in [0.29, 0.717) is 5.92 Å². The summed E-state index contributed by atoms with van der Waals surface area (Å²) in [7, 11) is 0. The van der Waals surface area contributed by atoms with E-state index in [9.17, 15) is 9.18 Å². The number of benzene rings is 1. The maximum atomic E-state index is 12.8. The summed E-state index contributed by atoms with van der Waals surface area (Å²) in [4.78, 5) is 12.8. The minimum absolute atomic E-state index is 0.180. The van der Waals surface area contributed by atoms with E-state index in [1.54, 1.807) is 0 Å². The van der Waals surface area contributed by atoms with Crippen molar-refractivity contribution < 1.29 is 14.3 Å². The molecular formula is C16H22FNO2. The molecule has 1 atom stereocenters. The summed E-state index contributed by atoms with van der Waals surface area (Å²) >= 11 is 0. The van der Waals surface area contributed by atoms with Gasteiger partial charge in [-0.15, -0.1) is 0 Å². The lowest BCUT2D eigenvalue weighted by Crippen LogP contribution is -2.22. The fourth-order valence-electron chi connectivity index (χ4n) is 2.85. The third-order valence-electron chi connectivity index (χ3n) is 3.92. The Labute approximate surface area is 119 Å². The molecule has 1 aromatic carbocycles. The summed E-state index contributed by atoms with van der Waals surface area (Å²) in [6.07, 6.45) is 4.17. The van der Waals surface area contributed by atoms with Gasteiger partial charge in [-0.2, -0.15) is 0 Å². The van der Waals surface area contributed by atoms with Crippen molar-refractivity contribution in [2.24, 2.45) is 5.92 Å². The predicted octanol–water partition coefficient (Wildman–Crippen LogP) is 2.95. The van der Waals surface area contributed by atoms with Gasteiger partial charge in [0.25, 0.3) is 0 Å². The molecule has 0 aromatic heterocycles. The number of carboxylic acids is 1. The van der Waals surface area contributed by atoms with Gasteiger partial charge in [-0.1, -0.05) is 12.1 Å². The fraction of sp³-hybridized carbons (Fsp3) is 0.562. The van der Waals surface area contributed by atoms with Crippen LogP contribution in [0.25, 0.3) is 0 Å². The molecule has 1 heterocycles. The monoisotopic (exact) mass is 279 g/mol. The second-order valence-corrected chi connectivity index (χ2v) is 5.64. The smallest absolute Gasteiger partial charge is 0.303 e. The molecule has 1 saturated heterocycles. The second-order valence-electron chi connectivity index (χ2n) is 5.64. The first-order valence-electron chi connectivity index (χ1n) is 7.32. The normalized spacial score (nSPS) is 19.4. The van der Waals surface area contributed by atoms with Gasteiger partial charge >= 0.3 is 5.97 Å². The molecule has 1 aliphatic rings. The molecule has 0 radical (unpaired) electrons. The van der Waals surface area contributed by atoms with E-state index in [-0.39, 0.29) is 12.2 Å². The molecule has 110 valence electrons. The summed E-state index contributed by atoms with van der Waals surface area (Å²) in [5, 5.41) is 8.59. The van der Waals surface area contributed by atoms with Crippen LogP contribution in [-0.2, 0) is 11.2 Å². The van der Waals surface area contributed by atoms with Crippen molar-refractivity contribution in [2.75, 3.05) is 19.6 Å². The van der Waals surface area contributed by atoms with Crippen molar-refractivity contribution in [1.29, 1.82) is 0 Å². The lowest BCUT2D eigenvalue weighted by atomic mass is 9.99. The molecule has 0 saturated carbocycles. The minimum Gasteiger partial charge on any atom is -0.481 e. The van der Waals surface area contributed by atoms with E-state index in [0.717, 1.165) is 38.9 Å². The van der Waals surface area contributed by atoms with Crippen LogP contribution in [0.1, 0.15) is 31.2 Å². The zero-order valence-electron chi connectivity index (χ0n) is 11.7. The molecule has 20 heavy (non-hydrogen) atoms. The van der Waals surface area contributed by atoms with Crippen molar-refractivity contribution in [1.82, 2.24) is 4.90 Å². The van der Waals surface area contributed by atoms with Crippen molar-refractivity contribution in [3.8, 4) is 0 Å². The van der Waals surface area contributed by atoms with Gasteiger partial charge < -0.3 is 10.0 Å². The van der Waals surface area contributed by atoms with E-state index >= 15 is 0 Å². The van der Waals surface area contributed by atoms with Crippen molar-refractivity contribution in [3.05, 3.63) is 35.6 Å². The summed E-state index contributed by atoms with van der Waals surface area (Å²) in [6, 6.07) is 6.78. The molecule has 3 nitrogen and oxygen atoms in total. The Morgan fingerprint density at radius 1 is 1.30 bits per heavy atom. The number of nitrogens with zero attached hydrogens (tertiary/aromatic N) is 1. The molecule has 1 aromatic rings. The van der Waals surface area contributed by atoms with E-state index in [1.807, 2.05) is 12.1 Å². The van der Waals surface area contributed by atoms with Crippen LogP contribution < -0.4 is 0 Å². The highest BCUT2D eigenvalue weighted by molar-refractivity contribution is 5.66. The molecule has 0 amide bonds. The Balaban J connectivity index is 1.67. The quantitative estimate of drug-likeness (QED) is 0.780. The topological polar surface area (TPSA) is 40.5 Å². The molecule has 0 spiro atoms. The highest BCUT2D eigenvalue weighted by Crippen LogP contribution is 2.21. The van der Waals surface area contributed by atoms with Crippen LogP contribution in [-0.4, -0.2) is 35.6 Å². The SMILES string of the molecule is O=C(O)CCCCN1CCC(Cc2ccc(F)cc2)C1. The number of aliphatic carboxylic acids is 1. The maximum absolute atomic E-state index is 12.8. The van der Waals surface area contributed by atoms with E-state index < -0.39 is 5.97 Å². The maximum Gasteiger partial charge on any atom is 0.303 e. The highest BCUT2D eigenvalue weighted by Gasteiger charge is 2.22. The summed E-state index contributed by atoms with van der Waals surface area (Å²) in [6.45, 7) is 3.16. The Bertz CT molecular complexity index is 433. The van der Waals surface area contributed by atoms with Crippen LogP contribution in [0.4, 0.5) is 4.39 Å². The molecule has 1 unspecified atom stereocenters. The number of hydrogen-bond acceptors (Lipinski definition) is 2. The number of carbonyl (C=O) groups is 1. The van der Waals surface area contributed by atoms with Gasteiger partial charge in [0, 0.05) is 13.0 Å². The Morgan fingerprint density at radius 3 is 2.75 bits per heavy atom. The molecule has 1 aliphatic heterocycles. The number of unbranched alkanes of at least 4 members (excludes halogenated alkanes) is 1. The van der Waals surface area contributed by atoms with Gasteiger partial charge in [0.15, 0.2) is 0 Å². The Kier molecular flexibility index (Phi) is 5.53. The Morgan fingerprint density at radius 2 is 2.05 bits per heavy atom. The highest BCUT2D eigenvalue weighted by atomic mass is 19.1. The zero-order valence-corrected chi connectivity index (χ0v) is 11.7. The van der Waals surface area contributed by atoms with Gasteiger partial charge in [0.2, 0.25) is 0 Å². The van der Waals surface area contributed by atoms with Gasteiger partial charge in [-0.05, 0) is 62.4 Å². The first kappa shape index (κ1) is 15.0. The van der Waals surface area contributed by atoms with Crippen LogP contribution in [0.5, 0.6) is 0 Å². The van der Waals surface area contributed by atoms with Crippen LogP contribution in [0.15, 0.2) is 24.3 Å².